The van der Waals surface area contributed by atoms with Crippen molar-refractivity contribution in [2.24, 2.45) is 16.6 Å². The van der Waals surface area contributed by atoms with Crippen molar-refractivity contribution in [3.8, 4) is 0 Å². The predicted molar refractivity (Wildman–Crippen MR) is 84.9 cm³/mol. The van der Waals surface area contributed by atoms with Crippen molar-refractivity contribution < 1.29 is 14.0 Å². The van der Waals surface area contributed by atoms with Gasteiger partial charge in [-0.1, -0.05) is 0 Å². The molecular formula is C15H17N3O3S. The highest BCUT2D eigenvalue weighted by Crippen LogP contribution is 2.32. The van der Waals surface area contributed by atoms with Gasteiger partial charge in [0.1, 0.15) is 11.5 Å². The topological polar surface area (TPSA) is 88.9 Å². The van der Waals surface area contributed by atoms with Crippen LogP contribution in [0.4, 0.5) is 0 Å². The fourth-order valence-electron chi connectivity index (χ4n) is 2.55. The number of piperidine rings is 1. The van der Waals surface area contributed by atoms with Crippen LogP contribution in [0.25, 0.3) is 6.08 Å². The van der Waals surface area contributed by atoms with Gasteiger partial charge in [0.2, 0.25) is 5.91 Å². The summed E-state index contributed by atoms with van der Waals surface area (Å²) in [5, 5.41) is 0.697. The Balaban J connectivity index is 1.66. The zero-order chi connectivity index (χ0) is 15.7. The maximum Gasteiger partial charge on any atom is 0.286 e. The number of rotatable bonds is 2. The Morgan fingerprint density at radius 2 is 2.18 bits per heavy atom. The first-order valence-corrected chi connectivity index (χ1v) is 7.98. The summed E-state index contributed by atoms with van der Waals surface area (Å²) in [5.74, 6) is 0.894. The molecule has 2 amide bonds. The third kappa shape index (κ3) is 3.09. The summed E-state index contributed by atoms with van der Waals surface area (Å²) in [7, 11) is 0. The van der Waals surface area contributed by atoms with Gasteiger partial charge in [0.25, 0.3) is 5.91 Å². The summed E-state index contributed by atoms with van der Waals surface area (Å²) in [4.78, 5) is 29.9. The molecule has 0 atom stereocenters. The molecule has 0 spiro atoms. The SMILES string of the molecule is Cc1ccc(/C=C2\SC(N3CCC(C(N)=O)CC3)=NC2=O)o1. The number of nitrogens with zero attached hydrogens (tertiary/aromatic N) is 2. The smallest absolute Gasteiger partial charge is 0.286 e. The molecule has 3 rings (SSSR count). The number of nitrogens with two attached hydrogens (primary N) is 1. The second kappa shape index (κ2) is 6.00. The Morgan fingerprint density at radius 1 is 1.45 bits per heavy atom. The largest absolute Gasteiger partial charge is 0.462 e. The number of thioether (sulfide) groups is 1. The summed E-state index contributed by atoms with van der Waals surface area (Å²) < 4.78 is 5.46. The van der Waals surface area contributed by atoms with Crippen molar-refractivity contribution >= 4 is 34.8 Å². The molecule has 0 bridgehead atoms. The molecule has 3 heterocycles. The van der Waals surface area contributed by atoms with Crippen molar-refractivity contribution in [1.29, 1.82) is 0 Å². The maximum absolute atomic E-state index is 12.0. The van der Waals surface area contributed by atoms with Gasteiger partial charge < -0.3 is 15.1 Å². The Morgan fingerprint density at radius 3 is 2.77 bits per heavy atom. The van der Waals surface area contributed by atoms with E-state index in [-0.39, 0.29) is 17.7 Å². The first kappa shape index (κ1) is 14.9. The molecule has 0 aliphatic carbocycles. The van der Waals surface area contributed by atoms with Crippen LogP contribution in [-0.4, -0.2) is 35.0 Å². The molecule has 0 unspecified atom stereocenters. The molecule has 1 aromatic rings. The lowest BCUT2D eigenvalue weighted by Crippen LogP contribution is -2.40. The number of hydrogen-bond acceptors (Lipinski definition) is 5. The number of likely N-dealkylation sites (tertiary alicyclic amines) is 1. The molecule has 116 valence electrons. The van der Waals surface area contributed by atoms with Crippen molar-refractivity contribution in [3.63, 3.8) is 0 Å². The number of amidine groups is 1. The van der Waals surface area contributed by atoms with E-state index in [9.17, 15) is 9.59 Å². The Kier molecular flexibility index (Phi) is 4.06. The Hall–Kier alpha value is -2.02. The number of carbonyl (C=O) groups is 2. The van der Waals surface area contributed by atoms with Crippen molar-refractivity contribution in [2.45, 2.75) is 19.8 Å². The highest BCUT2D eigenvalue weighted by molar-refractivity contribution is 8.18. The van der Waals surface area contributed by atoms with Crippen LogP contribution < -0.4 is 5.73 Å². The number of hydrogen-bond donors (Lipinski definition) is 1. The number of primary amides is 1. The van der Waals surface area contributed by atoms with Gasteiger partial charge in [0, 0.05) is 25.1 Å². The van der Waals surface area contributed by atoms with E-state index in [4.69, 9.17) is 10.2 Å². The van der Waals surface area contributed by atoms with E-state index >= 15 is 0 Å². The zero-order valence-corrected chi connectivity index (χ0v) is 13.1. The first-order chi connectivity index (χ1) is 10.5. The van der Waals surface area contributed by atoms with Gasteiger partial charge in [-0.15, -0.1) is 0 Å². The van der Waals surface area contributed by atoms with E-state index in [2.05, 4.69) is 4.99 Å². The first-order valence-electron chi connectivity index (χ1n) is 7.16. The monoisotopic (exact) mass is 319 g/mol. The van der Waals surface area contributed by atoms with Gasteiger partial charge in [-0.3, -0.25) is 9.59 Å². The minimum atomic E-state index is -0.245. The quantitative estimate of drug-likeness (QED) is 0.839. The van der Waals surface area contributed by atoms with E-state index in [1.807, 2.05) is 24.0 Å². The molecule has 1 fully saturated rings. The molecule has 2 aliphatic heterocycles. The van der Waals surface area contributed by atoms with Gasteiger partial charge in [-0.05, 0) is 43.7 Å². The van der Waals surface area contributed by atoms with Crippen LogP contribution in [0.5, 0.6) is 0 Å². The third-order valence-corrected chi connectivity index (χ3v) is 4.86. The number of aryl methyl sites for hydroxylation is 1. The summed E-state index contributed by atoms with van der Waals surface area (Å²) in [5.41, 5.74) is 5.33. The lowest BCUT2D eigenvalue weighted by Gasteiger charge is -2.31. The fourth-order valence-corrected chi connectivity index (χ4v) is 3.49. The summed E-state index contributed by atoms with van der Waals surface area (Å²) in [6.45, 7) is 3.25. The lowest BCUT2D eigenvalue weighted by atomic mass is 9.97. The summed E-state index contributed by atoms with van der Waals surface area (Å²) >= 11 is 1.35. The predicted octanol–water partition coefficient (Wildman–Crippen LogP) is 1.76. The van der Waals surface area contributed by atoms with Crippen LogP contribution in [0.3, 0.4) is 0 Å². The van der Waals surface area contributed by atoms with Crippen molar-refractivity contribution in [2.75, 3.05) is 13.1 Å². The molecule has 7 heteroatoms. The molecule has 6 nitrogen and oxygen atoms in total. The highest BCUT2D eigenvalue weighted by atomic mass is 32.2. The van der Waals surface area contributed by atoms with Crippen molar-refractivity contribution in [1.82, 2.24) is 4.90 Å². The van der Waals surface area contributed by atoms with Gasteiger partial charge in [-0.2, -0.15) is 4.99 Å². The molecule has 0 saturated carbocycles. The maximum atomic E-state index is 12.0. The number of aliphatic imine (C=N–C) groups is 1. The second-order valence-electron chi connectivity index (χ2n) is 5.42. The third-order valence-electron chi connectivity index (χ3n) is 3.81. The van der Waals surface area contributed by atoms with E-state index < -0.39 is 0 Å². The molecule has 22 heavy (non-hydrogen) atoms. The van der Waals surface area contributed by atoms with Gasteiger partial charge in [0.05, 0.1) is 4.91 Å². The van der Waals surface area contributed by atoms with Gasteiger partial charge in [-0.25, -0.2) is 0 Å². The molecule has 2 N–H and O–H groups in total. The zero-order valence-electron chi connectivity index (χ0n) is 12.2. The average molecular weight is 319 g/mol. The molecule has 1 saturated heterocycles. The van der Waals surface area contributed by atoms with E-state index in [0.717, 1.165) is 5.76 Å². The molecule has 2 aliphatic rings. The normalized spacial score (nSPS) is 21.5. The minimum absolute atomic E-state index is 0.0694. The summed E-state index contributed by atoms with van der Waals surface area (Å²) in [6.07, 6.45) is 3.13. The number of furan rings is 1. The molecule has 1 aromatic heterocycles. The van der Waals surface area contributed by atoms with Crippen LogP contribution in [0.15, 0.2) is 26.4 Å². The van der Waals surface area contributed by atoms with Crippen LogP contribution in [0.2, 0.25) is 0 Å². The van der Waals surface area contributed by atoms with E-state index in [0.29, 0.717) is 41.8 Å². The second-order valence-corrected chi connectivity index (χ2v) is 6.43. The van der Waals surface area contributed by atoms with Crippen LogP contribution in [0, 0.1) is 12.8 Å². The van der Waals surface area contributed by atoms with Gasteiger partial charge in [0.15, 0.2) is 5.17 Å². The highest BCUT2D eigenvalue weighted by Gasteiger charge is 2.30. The number of carbonyl (C=O) groups excluding carboxylic acids is 2. The fraction of sp³-hybridized carbons (Fsp3) is 0.400. The molecular weight excluding hydrogens is 302 g/mol. The standard InChI is InChI=1S/C15H17N3O3S/c1-9-2-3-11(21-9)8-12-14(20)17-15(22-12)18-6-4-10(5-7-18)13(16)19/h2-3,8,10H,4-7H2,1H3,(H2,16,19)/b12-8-. The lowest BCUT2D eigenvalue weighted by molar-refractivity contribution is -0.123. The van der Waals surface area contributed by atoms with Gasteiger partial charge >= 0.3 is 0 Å². The molecule has 0 radical (unpaired) electrons. The van der Waals surface area contributed by atoms with Crippen LogP contribution in [0.1, 0.15) is 24.4 Å². The molecule has 0 aromatic carbocycles. The van der Waals surface area contributed by atoms with Crippen LogP contribution >= 0.6 is 11.8 Å². The average Bonchev–Trinajstić information content (AvgIpc) is 3.06. The van der Waals surface area contributed by atoms with Crippen LogP contribution in [-0.2, 0) is 9.59 Å². The minimum Gasteiger partial charge on any atom is -0.462 e. The Bertz CT molecular complexity index is 669. The number of amides is 2. The van der Waals surface area contributed by atoms with E-state index in [1.165, 1.54) is 11.8 Å². The van der Waals surface area contributed by atoms with Crippen molar-refractivity contribution in [3.05, 3.63) is 28.6 Å². The Labute approximate surface area is 132 Å². The summed E-state index contributed by atoms with van der Waals surface area (Å²) in [6, 6.07) is 3.68. The van der Waals surface area contributed by atoms with E-state index in [1.54, 1.807) is 6.08 Å².